The predicted molar refractivity (Wildman–Crippen MR) is 86.6 cm³/mol. The second-order valence-corrected chi connectivity index (χ2v) is 9.56. The number of nitrogens with zero attached hydrogens (tertiary/aromatic N) is 3. The Balaban J connectivity index is 1.98. The van der Waals surface area contributed by atoms with Crippen molar-refractivity contribution in [3.63, 3.8) is 0 Å². The van der Waals surface area contributed by atoms with Gasteiger partial charge in [0.05, 0.1) is 15.8 Å². The van der Waals surface area contributed by atoms with E-state index < -0.39 is 25.9 Å². The molecule has 1 aromatic carbocycles. The third-order valence-electron chi connectivity index (χ3n) is 3.99. The average molecular weight is 370 g/mol. The number of fused-ring (bicyclic) bond motifs is 1. The number of hydrogen-bond acceptors (Lipinski definition) is 6. The van der Waals surface area contributed by atoms with Crippen molar-refractivity contribution in [2.24, 2.45) is 0 Å². The van der Waals surface area contributed by atoms with Gasteiger partial charge in [0.1, 0.15) is 12.2 Å². The third-order valence-corrected chi connectivity index (χ3v) is 6.72. The number of sulfonamides is 1. The zero-order valence-corrected chi connectivity index (χ0v) is 14.9. The molecule has 2 aromatic rings. The average Bonchev–Trinajstić information content (AvgIpc) is 2.95. The van der Waals surface area contributed by atoms with Gasteiger partial charge in [-0.3, -0.25) is 0 Å². The Kier molecular flexibility index (Phi) is 4.22. The second-order valence-electron chi connectivity index (χ2n) is 5.86. The Morgan fingerprint density at radius 1 is 1.25 bits per heavy atom. The summed E-state index contributed by atoms with van der Waals surface area (Å²) < 4.78 is 53.3. The van der Waals surface area contributed by atoms with Crippen LogP contribution in [0.5, 0.6) is 0 Å². The van der Waals surface area contributed by atoms with Crippen molar-refractivity contribution < 1.29 is 16.8 Å². The molecule has 3 rings (SSSR count). The van der Waals surface area contributed by atoms with Gasteiger partial charge in [-0.05, 0) is 37.5 Å². The molecule has 0 radical (unpaired) electrons. The van der Waals surface area contributed by atoms with Crippen LogP contribution in [0.4, 0.5) is 0 Å². The molecule has 8 nitrogen and oxygen atoms in total. The van der Waals surface area contributed by atoms with Crippen LogP contribution in [0.1, 0.15) is 30.3 Å². The molecule has 0 saturated heterocycles. The molecule has 0 amide bonds. The van der Waals surface area contributed by atoms with Gasteiger partial charge in [-0.2, -0.15) is 5.10 Å². The fourth-order valence-corrected chi connectivity index (χ4v) is 4.97. The second kappa shape index (κ2) is 5.94. The van der Waals surface area contributed by atoms with Gasteiger partial charge in [-0.1, -0.05) is 6.07 Å². The van der Waals surface area contributed by atoms with E-state index >= 15 is 0 Å². The maximum atomic E-state index is 12.8. The quantitative estimate of drug-likeness (QED) is 0.852. The molecule has 130 valence electrons. The van der Waals surface area contributed by atoms with E-state index in [1.54, 1.807) is 11.6 Å². The maximum Gasteiger partial charge on any atom is 0.241 e. The summed E-state index contributed by atoms with van der Waals surface area (Å²) in [6, 6.07) is 3.61. The van der Waals surface area contributed by atoms with Crippen LogP contribution in [0.3, 0.4) is 0 Å². The predicted octanol–water partition coefficient (Wildman–Crippen LogP) is 0.803. The Hall–Kier alpha value is -1.78. The van der Waals surface area contributed by atoms with Gasteiger partial charge in [0, 0.05) is 12.8 Å². The monoisotopic (exact) mass is 370 g/mol. The fraction of sp³-hybridized carbons (Fsp3) is 0.429. The van der Waals surface area contributed by atoms with Crippen molar-refractivity contribution in [3.05, 3.63) is 35.9 Å². The maximum absolute atomic E-state index is 12.8. The van der Waals surface area contributed by atoms with Crippen LogP contribution in [0.2, 0.25) is 0 Å². The molecule has 24 heavy (non-hydrogen) atoms. The van der Waals surface area contributed by atoms with Crippen LogP contribution in [0.15, 0.2) is 34.3 Å². The van der Waals surface area contributed by atoms with E-state index in [9.17, 15) is 16.8 Å². The molecular formula is C14H18N4O4S2. The summed E-state index contributed by atoms with van der Waals surface area (Å²) in [4.78, 5) is 4.06. The first kappa shape index (κ1) is 17.1. The summed E-state index contributed by atoms with van der Waals surface area (Å²) in [6.45, 7) is 2.33. The van der Waals surface area contributed by atoms with Crippen molar-refractivity contribution in [3.8, 4) is 0 Å². The SMILES string of the molecule is Cc1ccc(S(C)(=O)=O)cc1S(=O)(=O)NC1CCCn2ncnc21. The highest BCUT2D eigenvalue weighted by Crippen LogP contribution is 2.26. The van der Waals surface area contributed by atoms with Gasteiger partial charge in [-0.25, -0.2) is 31.2 Å². The van der Waals surface area contributed by atoms with E-state index in [1.165, 1.54) is 24.5 Å². The molecule has 1 aliphatic heterocycles. The highest BCUT2D eigenvalue weighted by atomic mass is 32.2. The topological polar surface area (TPSA) is 111 Å². The van der Waals surface area contributed by atoms with Gasteiger partial charge in [0.15, 0.2) is 9.84 Å². The molecule has 1 aromatic heterocycles. The summed E-state index contributed by atoms with van der Waals surface area (Å²) in [5.74, 6) is 0.571. The first-order valence-corrected chi connectivity index (χ1v) is 10.8. The number of aromatic nitrogens is 3. The molecule has 2 heterocycles. The van der Waals surface area contributed by atoms with Crippen LogP contribution in [0.25, 0.3) is 0 Å². The van der Waals surface area contributed by atoms with Crippen molar-refractivity contribution in [2.45, 2.75) is 42.1 Å². The summed E-state index contributed by atoms with van der Waals surface area (Å²) in [5.41, 5.74) is 0.479. The van der Waals surface area contributed by atoms with Gasteiger partial charge in [-0.15, -0.1) is 0 Å². The van der Waals surface area contributed by atoms with Crippen LogP contribution >= 0.6 is 0 Å². The molecular weight excluding hydrogens is 352 g/mol. The number of nitrogens with one attached hydrogen (secondary N) is 1. The van der Waals surface area contributed by atoms with Gasteiger partial charge in [0.25, 0.3) is 0 Å². The molecule has 0 spiro atoms. The summed E-state index contributed by atoms with van der Waals surface area (Å²) in [7, 11) is -7.38. The van der Waals surface area contributed by atoms with E-state index in [0.717, 1.165) is 12.7 Å². The number of benzene rings is 1. The van der Waals surface area contributed by atoms with Crippen molar-refractivity contribution in [1.82, 2.24) is 19.5 Å². The van der Waals surface area contributed by atoms with E-state index in [0.29, 0.717) is 24.4 Å². The summed E-state index contributed by atoms with van der Waals surface area (Å²) >= 11 is 0. The zero-order valence-electron chi connectivity index (χ0n) is 13.3. The molecule has 1 aliphatic rings. The third kappa shape index (κ3) is 3.21. The first-order valence-electron chi connectivity index (χ1n) is 7.39. The Morgan fingerprint density at radius 3 is 2.71 bits per heavy atom. The minimum absolute atomic E-state index is 0.0275. The molecule has 0 aliphatic carbocycles. The smallest absolute Gasteiger partial charge is 0.241 e. The minimum Gasteiger partial charge on any atom is -0.248 e. The molecule has 10 heteroatoms. The molecule has 1 unspecified atom stereocenters. The lowest BCUT2D eigenvalue weighted by Crippen LogP contribution is -2.33. The van der Waals surface area contributed by atoms with E-state index in [2.05, 4.69) is 14.8 Å². The van der Waals surface area contributed by atoms with Crippen molar-refractivity contribution in [2.75, 3.05) is 6.26 Å². The number of sulfone groups is 1. The molecule has 1 atom stereocenters. The van der Waals surface area contributed by atoms with E-state index in [4.69, 9.17) is 0 Å². The lowest BCUT2D eigenvalue weighted by atomic mass is 10.1. The van der Waals surface area contributed by atoms with Crippen LogP contribution < -0.4 is 4.72 Å². The normalized spacial score (nSPS) is 18.3. The summed E-state index contributed by atoms with van der Waals surface area (Å²) in [5, 5.41) is 4.07. The van der Waals surface area contributed by atoms with Gasteiger partial charge in [0.2, 0.25) is 10.0 Å². The Labute approximate surface area is 140 Å². The van der Waals surface area contributed by atoms with E-state index in [-0.39, 0.29) is 9.79 Å². The van der Waals surface area contributed by atoms with Gasteiger partial charge < -0.3 is 0 Å². The number of rotatable bonds is 4. The molecule has 1 N–H and O–H groups in total. The van der Waals surface area contributed by atoms with Crippen LogP contribution in [-0.2, 0) is 26.4 Å². The largest absolute Gasteiger partial charge is 0.248 e. The fourth-order valence-electron chi connectivity index (χ4n) is 2.75. The lowest BCUT2D eigenvalue weighted by Gasteiger charge is -2.23. The van der Waals surface area contributed by atoms with Gasteiger partial charge >= 0.3 is 0 Å². The molecule has 0 saturated carbocycles. The van der Waals surface area contributed by atoms with Crippen molar-refractivity contribution >= 4 is 19.9 Å². The Morgan fingerprint density at radius 2 is 2.00 bits per heavy atom. The zero-order chi connectivity index (χ0) is 17.5. The highest BCUT2D eigenvalue weighted by Gasteiger charge is 2.29. The van der Waals surface area contributed by atoms with Crippen LogP contribution in [-0.4, -0.2) is 37.9 Å². The minimum atomic E-state index is -3.89. The summed E-state index contributed by atoms with van der Waals surface area (Å²) in [6.07, 6.45) is 3.84. The first-order chi connectivity index (χ1) is 11.2. The number of hydrogen-bond donors (Lipinski definition) is 1. The lowest BCUT2D eigenvalue weighted by molar-refractivity contribution is 0.400. The van der Waals surface area contributed by atoms with Crippen LogP contribution in [0, 0.1) is 6.92 Å². The molecule has 0 bridgehead atoms. The molecule has 0 fully saturated rings. The Bertz CT molecular complexity index is 980. The van der Waals surface area contributed by atoms with Crippen molar-refractivity contribution in [1.29, 1.82) is 0 Å². The highest BCUT2D eigenvalue weighted by molar-refractivity contribution is 7.91. The number of aryl methyl sites for hydroxylation is 2. The standard InChI is InChI=1S/C14H18N4O4S2/c1-10-5-6-11(23(2,19)20)8-13(10)24(21,22)17-12-4-3-7-18-14(12)15-9-16-18/h5-6,8-9,12,17H,3-4,7H2,1-2H3. The van der Waals surface area contributed by atoms with E-state index in [1.807, 2.05) is 0 Å².